The number of halogens is 1. The Labute approximate surface area is 103 Å². The molecule has 0 aliphatic heterocycles. The number of ether oxygens (including phenoxy) is 1. The highest BCUT2D eigenvalue weighted by Crippen LogP contribution is 2.11. The van der Waals surface area contributed by atoms with Gasteiger partial charge in [-0.15, -0.1) is 0 Å². The molecule has 18 heavy (non-hydrogen) atoms. The number of hydrogen-bond acceptors (Lipinski definition) is 5. The molecule has 0 bridgehead atoms. The van der Waals surface area contributed by atoms with Gasteiger partial charge in [-0.2, -0.15) is 4.98 Å². The van der Waals surface area contributed by atoms with E-state index in [1.54, 1.807) is 12.1 Å². The maximum atomic E-state index is 12.7. The number of rotatable bonds is 6. The quantitative estimate of drug-likeness (QED) is 0.790. The van der Waals surface area contributed by atoms with Crippen molar-refractivity contribution in [3.05, 3.63) is 41.5 Å². The molecule has 1 N–H and O–H groups in total. The monoisotopic (exact) mass is 252 g/mol. The molecule has 0 unspecified atom stereocenters. The highest BCUT2D eigenvalue weighted by atomic mass is 19.1. The number of aromatic nitrogens is 2. The zero-order chi connectivity index (χ0) is 12.8. The zero-order valence-corrected chi connectivity index (χ0v) is 9.67. The minimum atomic E-state index is -0.278. The Morgan fingerprint density at radius 3 is 2.78 bits per heavy atom. The predicted molar refractivity (Wildman–Crippen MR) is 60.7 cm³/mol. The second-order valence-corrected chi connectivity index (χ2v) is 3.71. The van der Waals surface area contributed by atoms with Gasteiger partial charge in [0, 0.05) is 19.4 Å². The highest BCUT2D eigenvalue weighted by molar-refractivity contribution is 5.19. The molecular formula is C12H13FN2O3. The van der Waals surface area contributed by atoms with Gasteiger partial charge in [-0.05, 0) is 17.7 Å². The fourth-order valence-corrected chi connectivity index (χ4v) is 1.38. The van der Waals surface area contributed by atoms with Crippen molar-refractivity contribution in [2.24, 2.45) is 0 Å². The number of aliphatic hydroxyl groups is 1. The first-order chi connectivity index (χ1) is 8.78. The summed E-state index contributed by atoms with van der Waals surface area (Å²) in [4.78, 5) is 4.02. The lowest BCUT2D eigenvalue weighted by molar-refractivity contribution is 0.179. The van der Waals surface area contributed by atoms with Crippen LogP contribution in [0.1, 0.15) is 17.8 Å². The fourth-order valence-electron chi connectivity index (χ4n) is 1.38. The van der Waals surface area contributed by atoms with Crippen LogP contribution in [-0.2, 0) is 6.42 Å². The van der Waals surface area contributed by atoms with Crippen molar-refractivity contribution < 1.29 is 18.8 Å². The summed E-state index contributed by atoms with van der Waals surface area (Å²) < 4.78 is 22.7. The van der Waals surface area contributed by atoms with E-state index in [0.29, 0.717) is 25.3 Å². The van der Waals surface area contributed by atoms with E-state index < -0.39 is 0 Å². The molecule has 0 saturated carbocycles. The predicted octanol–water partition coefficient (Wildman–Crippen LogP) is 1.56. The minimum Gasteiger partial charge on any atom is -0.449 e. The molecule has 1 aromatic heterocycles. The molecule has 96 valence electrons. The Kier molecular flexibility index (Phi) is 4.25. The molecule has 1 heterocycles. The maximum Gasteiger partial charge on any atom is 0.417 e. The summed E-state index contributed by atoms with van der Waals surface area (Å²) in [6, 6.07) is 6.10. The maximum absolute atomic E-state index is 12.7. The molecule has 0 saturated heterocycles. The molecule has 2 rings (SSSR count). The van der Waals surface area contributed by atoms with Gasteiger partial charge in [0.1, 0.15) is 5.82 Å². The number of hydrogen-bond donors (Lipinski definition) is 1. The third-order valence-corrected chi connectivity index (χ3v) is 2.25. The molecule has 0 aliphatic carbocycles. The van der Waals surface area contributed by atoms with E-state index in [9.17, 15) is 4.39 Å². The van der Waals surface area contributed by atoms with Crippen LogP contribution in [-0.4, -0.2) is 28.5 Å². The summed E-state index contributed by atoms with van der Waals surface area (Å²) in [5.41, 5.74) is 0.888. The highest BCUT2D eigenvalue weighted by Gasteiger charge is 2.07. The number of aliphatic hydroxyl groups excluding tert-OH is 1. The second kappa shape index (κ2) is 6.11. The first kappa shape index (κ1) is 12.5. The average Bonchev–Trinajstić information content (AvgIpc) is 2.80. The third-order valence-electron chi connectivity index (χ3n) is 2.25. The lowest BCUT2D eigenvalue weighted by atomic mass is 10.1. The van der Waals surface area contributed by atoms with Gasteiger partial charge in [0.05, 0.1) is 6.61 Å². The van der Waals surface area contributed by atoms with E-state index in [4.69, 9.17) is 14.4 Å². The summed E-state index contributed by atoms with van der Waals surface area (Å²) in [5, 5.41) is 12.3. The standard InChI is InChI=1S/C12H13FN2O3/c13-10-4-2-9(3-5-10)8-11-14-12(18-15-11)17-7-1-6-16/h2-5,16H,1,6-8H2. The Morgan fingerprint density at radius 1 is 1.28 bits per heavy atom. The van der Waals surface area contributed by atoms with E-state index in [1.807, 2.05) is 0 Å². The second-order valence-electron chi connectivity index (χ2n) is 3.71. The Bertz CT molecular complexity index is 484. The summed E-state index contributed by atoms with van der Waals surface area (Å²) in [6.45, 7) is 0.380. The van der Waals surface area contributed by atoms with Crippen LogP contribution < -0.4 is 4.74 Å². The van der Waals surface area contributed by atoms with Crippen LogP contribution in [0.25, 0.3) is 0 Å². The zero-order valence-electron chi connectivity index (χ0n) is 9.67. The first-order valence-electron chi connectivity index (χ1n) is 5.58. The number of nitrogens with zero attached hydrogens (tertiary/aromatic N) is 2. The molecule has 0 spiro atoms. The molecule has 0 radical (unpaired) electrons. The SMILES string of the molecule is OCCCOc1nc(Cc2ccc(F)cc2)no1. The van der Waals surface area contributed by atoms with Crippen LogP contribution in [0, 0.1) is 5.82 Å². The van der Waals surface area contributed by atoms with Crippen LogP contribution in [0.15, 0.2) is 28.8 Å². The van der Waals surface area contributed by atoms with Gasteiger partial charge >= 0.3 is 6.08 Å². The van der Waals surface area contributed by atoms with Crippen LogP contribution in [0.4, 0.5) is 4.39 Å². The molecule has 5 nitrogen and oxygen atoms in total. The summed E-state index contributed by atoms with van der Waals surface area (Å²) in [7, 11) is 0. The topological polar surface area (TPSA) is 68.4 Å². The third kappa shape index (κ3) is 3.53. The van der Waals surface area contributed by atoms with Crippen LogP contribution in [0.5, 0.6) is 6.08 Å². The van der Waals surface area contributed by atoms with E-state index in [-0.39, 0.29) is 18.5 Å². The van der Waals surface area contributed by atoms with Crippen molar-refractivity contribution in [2.75, 3.05) is 13.2 Å². The van der Waals surface area contributed by atoms with Crippen molar-refractivity contribution in [2.45, 2.75) is 12.8 Å². The Hall–Kier alpha value is -1.95. The molecule has 0 aliphatic rings. The van der Waals surface area contributed by atoms with Crippen molar-refractivity contribution in [3.8, 4) is 6.08 Å². The molecule has 0 amide bonds. The van der Waals surface area contributed by atoms with Crippen LogP contribution in [0.3, 0.4) is 0 Å². The molecule has 2 aromatic rings. The largest absolute Gasteiger partial charge is 0.449 e. The molecule has 0 atom stereocenters. The summed E-state index contributed by atoms with van der Waals surface area (Å²) >= 11 is 0. The minimum absolute atomic E-state index is 0.0522. The smallest absolute Gasteiger partial charge is 0.417 e. The van der Waals surface area contributed by atoms with Gasteiger partial charge in [-0.3, -0.25) is 4.52 Å². The van der Waals surface area contributed by atoms with Gasteiger partial charge < -0.3 is 9.84 Å². The van der Waals surface area contributed by atoms with Gasteiger partial charge in [-0.25, -0.2) is 4.39 Å². The van der Waals surface area contributed by atoms with Gasteiger partial charge in [0.15, 0.2) is 5.82 Å². The molecule has 6 heteroatoms. The van der Waals surface area contributed by atoms with E-state index >= 15 is 0 Å². The Morgan fingerprint density at radius 2 is 2.06 bits per heavy atom. The van der Waals surface area contributed by atoms with Crippen LogP contribution in [0.2, 0.25) is 0 Å². The van der Waals surface area contributed by atoms with Gasteiger partial charge in [0.2, 0.25) is 0 Å². The van der Waals surface area contributed by atoms with E-state index in [1.165, 1.54) is 12.1 Å². The van der Waals surface area contributed by atoms with Gasteiger partial charge in [0.25, 0.3) is 0 Å². The van der Waals surface area contributed by atoms with Crippen molar-refractivity contribution in [1.29, 1.82) is 0 Å². The summed E-state index contributed by atoms with van der Waals surface area (Å²) in [6.07, 6.45) is 1.04. The van der Waals surface area contributed by atoms with Crippen LogP contribution >= 0.6 is 0 Å². The molecular weight excluding hydrogens is 239 g/mol. The molecule has 0 fully saturated rings. The lowest BCUT2D eigenvalue weighted by Crippen LogP contribution is -2.00. The fraction of sp³-hybridized carbons (Fsp3) is 0.333. The Balaban J connectivity index is 1.91. The number of benzene rings is 1. The molecule has 1 aromatic carbocycles. The van der Waals surface area contributed by atoms with Gasteiger partial charge in [-0.1, -0.05) is 17.3 Å². The van der Waals surface area contributed by atoms with Crippen molar-refractivity contribution in [3.63, 3.8) is 0 Å². The van der Waals surface area contributed by atoms with E-state index in [0.717, 1.165) is 5.56 Å². The van der Waals surface area contributed by atoms with E-state index in [2.05, 4.69) is 10.1 Å². The lowest BCUT2D eigenvalue weighted by Gasteiger charge is -1.96. The normalized spacial score (nSPS) is 10.6. The first-order valence-corrected chi connectivity index (χ1v) is 5.58. The summed E-state index contributed by atoms with van der Waals surface area (Å²) in [5.74, 6) is 0.195. The van der Waals surface area contributed by atoms with Crippen molar-refractivity contribution in [1.82, 2.24) is 10.1 Å². The van der Waals surface area contributed by atoms with Crippen molar-refractivity contribution >= 4 is 0 Å². The average molecular weight is 252 g/mol.